The summed E-state index contributed by atoms with van der Waals surface area (Å²) in [7, 11) is -1.86. The molecule has 1 atom stereocenters. The van der Waals surface area contributed by atoms with Gasteiger partial charge in [0.05, 0.1) is 13.2 Å². The number of morpholine rings is 1. The van der Waals surface area contributed by atoms with Gasteiger partial charge in [0.1, 0.15) is 10.6 Å². The molecule has 2 fully saturated rings. The molecule has 1 aromatic rings. The van der Waals surface area contributed by atoms with Gasteiger partial charge in [-0.2, -0.15) is 4.31 Å². The third kappa shape index (κ3) is 3.36. The third-order valence-corrected chi connectivity index (χ3v) is 6.61. The number of rotatable bonds is 3. The van der Waals surface area contributed by atoms with Crippen molar-refractivity contribution in [2.75, 3.05) is 39.4 Å². The van der Waals surface area contributed by atoms with Crippen molar-refractivity contribution >= 4 is 15.9 Å². The Morgan fingerprint density at radius 1 is 1.25 bits per heavy atom. The van der Waals surface area contributed by atoms with Crippen LogP contribution in [0.4, 0.5) is 0 Å². The molecule has 0 aromatic carbocycles. The normalized spacial score (nSPS) is 23.4. The number of carbonyl (C=O) groups excluding carboxylic acids is 1. The van der Waals surface area contributed by atoms with Crippen LogP contribution in [-0.4, -0.2) is 67.5 Å². The molecule has 8 heteroatoms. The molecular formula is C16H25N3O4S. The van der Waals surface area contributed by atoms with Crippen LogP contribution >= 0.6 is 0 Å². The van der Waals surface area contributed by atoms with E-state index in [0.717, 1.165) is 25.9 Å². The molecular weight excluding hydrogens is 330 g/mol. The molecule has 1 amide bonds. The minimum Gasteiger partial charge on any atom is -0.379 e. The van der Waals surface area contributed by atoms with E-state index >= 15 is 0 Å². The van der Waals surface area contributed by atoms with Gasteiger partial charge in [0.2, 0.25) is 10.0 Å². The van der Waals surface area contributed by atoms with Gasteiger partial charge >= 0.3 is 0 Å². The fourth-order valence-corrected chi connectivity index (χ4v) is 4.84. The fraction of sp³-hybridized carbons (Fsp3) is 0.688. The molecule has 0 aliphatic carbocycles. The van der Waals surface area contributed by atoms with E-state index in [-0.39, 0.29) is 10.8 Å². The topological polar surface area (TPSA) is 71.8 Å². The third-order valence-electron chi connectivity index (χ3n) is 4.75. The van der Waals surface area contributed by atoms with Crippen LogP contribution in [0.15, 0.2) is 17.2 Å². The van der Waals surface area contributed by atoms with Crippen LogP contribution in [0, 0.1) is 5.92 Å². The predicted molar refractivity (Wildman–Crippen MR) is 89.3 cm³/mol. The zero-order valence-corrected chi connectivity index (χ0v) is 15.1. The number of amides is 1. The zero-order valence-electron chi connectivity index (χ0n) is 14.3. The van der Waals surface area contributed by atoms with Crippen molar-refractivity contribution in [3.05, 3.63) is 18.0 Å². The quantitative estimate of drug-likeness (QED) is 0.808. The van der Waals surface area contributed by atoms with Crippen LogP contribution in [0.1, 0.15) is 30.3 Å². The monoisotopic (exact) mass is 355 g/mol. The van der Waals surface area contributed by atoms with Crippen molar-refractivity contribution in [2.45, 2.75) is 24.7 Å². The number of carbonyl (C=O) groups is 1. The second-order valence-corrected chi connectivity index (χ2v) is 8.62. The molecule has 3 heterocycles. The highest BCUT2D eigenvalue weighted by atomic mass is 32.2. The summed E-state index contributed by atoms with van der Waals surface area (Å²) in [5, 5.41) is 0. The summed E-state index contributed by atoms with van der Waals surface area (Å²) in [4.78, 5) is 14.8. The molecule has 0 saturated carbocycles. The van der Waals surface area contributed by atoms with Gasteiger partial charge in [0.25, 0.3) is 5.91 Å². The molecule has 2 aliphatic rings. The van der Waals surface area contributed by atoms with Gasteiger partial charge < -0.3 is 14.2 Å². The molecule has 24 heavy (non-hydrogen) atoms. The summed E-state index contributed by atoms with van der Waals surface area (Å²) in [5.74, 6) is 0.395. The number of piperidine rings is 1. The van der Waals surface area contributed by atoms with Crippen molar-refractivity contribution in [1.82, 2.24) is 13.8 Å². The summed E-state index contributed by atoms with van der Waals surface area (Å²) in [5.41, 5.74) is 0.427. The van der Waals surface area contributed by atoms with Crippen LogP contribution in [-0.2, 0) is 21.8 Å². The Morgan fingerprint density at radius 2 is 1.96 bits per heavy atom. The highest BCUT2D eigenvalue weighted by Crippen LogP contribution is 2.22. The molecule has 0 spiro atoms. The summed E-state index contributed by atoms with van der Waals surface area (Å²) in [6, 6.07) is 1.51. The second-order valence-electron chi connectivity index (χ2n) is 6.69. The lowest BCUT2D eigenvalue weighted by molar-refractivity contribution is 0.0673. The molecule has 2 saturated heterocycles. The van der Waals surface area contributed by atoms with E-state index in [0.29, 0.717) is 37.9 Å². The van der Waals surface area contributed by atoms with Gasteiger partial charge in [-0.3, -0.25) is 4.79 Å². The maximum atomic E-state index is 12.8. The smallest absolute Gasteiger partial charge is 0.270 e. The average molecular weight is 355 g/mol. The van der Waals surface area contributed by atoms with Crippen molar-refractivity contribution in [1.29, 1.82) is 0 Å². The number of sulfonamides is 1. The number of aryl methyl sites for hydroxylation is 1. The summed E-state index contributed by atoms with van der Waals surface area (Å²) in [6.07, 6.45) is 3.66. The van der Waals surface area contributed by atoms with E-state index in [1.807, 2.05) is 4.90 Å². The maximum absolute atomic E-state index is 12.8. The van der Waals surface area contributed by atoms with Crippen LogP contribution < -0.4 is 0 Å². The lowest BCUT2D eigenvalue weighted by atomic mass is 10.00. The van der Waals surface area contributed by atoms with Crippen LogP contribution in [0.5, 0.6) is 0 Å². The van der Waals surface area contributed by atoms with Crippen molar-refractivity contribution in [3.63, 3.8) is 0 Å². The first kappa shape index (κ1) is 17.4. The second kappa shape index (κ2) is 6.85. The standard InChI is InChI=1S/C16H25N3O4S/c1-13-4-3-5-18(11-13)16(20)15-10-14(12-17(15)2)24(21,22)19-6-8-23-9-7-19/h10,12-13H,3-9,11H2,1-2H3/t13-/m0/s1. The van der Waals surface area contributed by atoms with Crippen LogP contribution in [0.2, 0.25) is 0 Å². The molecule has 0 unspecified atom stereocenters. The van der Waals surface area contributed by atoms with Crippen molar-refractivity contribution in [2.24, 2.45) is 13.0 Å². The SMILES string of the molecule is C[C@H]1CCCN(C(=O)c2cc(S(=O)(=O)N3CCOCC3)cn2C)C1. The Hall–Kier alpha value is -1.38. The Labute approximate surface area is 143 Å². The number of hydrogen-bond donors (Lipinski definition) is 0. The number of likely N-dealkylation sites (tertiary alicyclic amines) is 1. The molecule has 0 radical (unpaired) electrons. The van der Waals surface area contributed by atoms with Gasteiger partial charge in [0.15, 0.2) is 0 Å². The highest BCUT2D eigenvalue weighted by molar-refractivity contribution is 7.89. The Bertz CT molecular complexity index is 707. The number of ether oxygens (including phenoxy) is 1. The lowest BCUT2D eigenvalue weighted by Crippen LogP contribution is -2.40. The molecule has 3 rings (SSSR count). The minimum atomic E-state index is -3.58. The van der Waals surface area contributed by atoms with E-state index in [4.69, 9.17) is 4.74 Å². The molecule has 0 bridgehead atoms. The van der Waals surface area contributed by atoms with E-state index in [1.165, 1.54) is 16.6 Å². The summed E-state index contributed by atoms with van der Waals surface area (Å²) < 4.78 is 33.7. The number of nitrogens with zero attached hydrogens (tertiary/aromatic N) is 3. The van der Waals surface area contributed by atoms with Gasteiger partial charge in [-0.1, -0.05) is 6.92 Å². The van der Waals surface area contributed by atoms with Crippen molar-refractivity contribution in [3.8, 4) is 0 Å². The zero-order chi connectivity index (χ0) is 17.3. The Balaban J connectivity index is 1.83. The Morgan fingerprint density at radius 3 is 2.62 bits per heavy atom. The van der Waals surface area contributed by atoms with Gasteiger partial charge in [-0.15, -0.1) is 0 Å². The number of aromatic nitrogens is 1. The van der Waals surface area contributed by atoms with Gasteiger partial charge in [-0.05, 0) is 24.8 Å². The molecule has 134 valence electrons. The minimum absolute atomic E-state index is 0.0903. The lowest BCUT2D eigenvalue weighted by Gasteiger charge is -2.31. The summed E-state index contributed by atoms with van der Waals surface area (Å²) in [6.45, 7) is 5.12. The fourth-order valence-electron chi connectivity index (χ4n) is 3.36. The van der Waals surface area contributed by atoms with E-state index in [2.05, 4.69) is 6.92 Å². The first-order valence-corrected chi connectivity index (χ1v) is 9.87. The van der Waals surface area contributed by atoms with Crippen LogP contribution in [0.3, 0.4) is 0 Å². The molecule has 7 nitrogen and oxygen atoms in total. The summed E-state index contributed by atoms with van der Waals surface area (Å²) >= 11 is 0. The maximum Gasteiger partial charge on any atom is 0.270 e. The molecule has 0 N–H and O–H groups in total. The van der Waals surface area contributed by atoms with E-state index in [1.54, 1.807) is 11.6 Å². The predicted octanol–water partition coefficient (Wildman–Crippen LogP) is 0.918. The van der Waals surface area contributed by atoms with Gasteiger partial charge in [-0.25, -0.2) is 8.42 Å². The Kier molecular flexibility index (Phi) is 4.98. The molecule has 1 aromatic heterocycles. The van der Waals surface area contributed by atoms with E-state index in [9.17, 15) is 13.2 Å². The van der Waals surface area contributed by atoms with Crippen molar-refractivity contribution < 1.29 is 17.9 Å². The molecule has 2 aliphatic heterocycles. The van der Waals surface area contributed by atoms with Gasteiger partial charge in [0, 0.05) is 39.4 Å². The highest BCUT2D eigenvalue weighted by Gasteiger charge is 2.30. The first-order chi connectivity index (χ1) is 11.4. The van der Waals surface area contributed by atoms with Crippen LogP contribution in [0.25, 0.3) is 0 Å². The van der Waals surface area contributed by atoms with E-state index < -0.39 is 10.0 Å². The number of hydrogen-bond acceptors (Lipinski definition) is 4. The first-order valence-electron chi connectivity index (χ1n) is 8.43. The largest absolute Gasteiger partial charge is 0.379 e. The average Bonchev–Trinajstić information content (AvgIpc) is 2.97.